The summed E-state index contributed by atoms with van der Waals surface area (Å²) < 4.78 is 84.6. The van der Waals surface area contributed by atoms with Crippen LogP contribution in [0.2, 0.25) is 0 Å². The monoisotopic (exact) mass is 412 g/mol. The molecule has 1 aliphatic rings. The van der Waals surface area contributed by atoms with E-state index in [0.29, 0.717) is 18.9 Å². The molecule has 1 atom stereocenters. The van der Waals surface area contributed by atoms with Crippen molar-refractivity contribution in [3.05, 3.63) is 52.9 Å². The number of fused-ring (bicyclic) bond motifs is 1. The molecule has 0 amide bonds. The molecule has 2 nitrogen and oxygen atoms in total. The number of alkyl halides is 3. The Balaban J connectivity index is 1.95. The second kappa shape index (κ2) is 7.82. The molecule has 1 unspecified atom stereocenters. The van der Waals surface area contributed by atoms with Crippen molar-refractivity contribution in [3.63, 3.8) is 0 Å². The van der Waals surface area contributed by atoms with Gasteiger partial charge in [0, 0.05) is 12.0 Å². The van der Waals surface area contributed by atoms with Crippen LogP contribution in [0.1, 0.15) is 31.7 Å². The average Bonchev–Trinajstić information content (AvgIpc) is 2.60. The van der Waals surface area contributed by atoms with E-state index >= 15 is 0 Å². The van der Waals surface area contributed by atoms with Crippen molar-refractivity contribution in [2.24, 2.45) is 5.92 Å². The molecule has 0 heterocycles. The molecule has 29 heavy (non-hydrogen) atoms. The van der Waals surface area contributed by atoms with E-state index in [9.17, 15) is 31.1 Å². The van der Waals surface area contributed by atoms with Crippen LogP contribution >= 0.6 is 0 Å². The van der Waals surface area contributed by atoms with Crippen molar-refractivity contribution in [3.8, 4) is 17.6 Å². The van der Waals surface area contributed by atoms with Crippen LogP contribution in [0.25, 0.3) is 10.8 Å². The molecule has 0 saturated heterocycles. The van der Waals surface area contributed by atoms with E-state index in [0.717, 1.165) is 30.0 Å². The number of carbonyl (C=O) groups is 1. The highest BCUT2D eigenvalue weighted by Crippen LogP contribution is 2.31. The summed E-state index contributed by atoms with van der Waals surface area (Å²) in [7, 11) is 0. The molecule has 0 bridgehead atoms. The highest BCUT2D eigenvalue weighted by molar-refractivity contribution is 5.88. The second-order valence-electron chi connectivity index (χ2n) is 6.74. The van der Waals surface area contributed by atoms with Gasteiger partial charge in [0.05, 0.1) is 16.9 Å². The van der Waals surface area contributed by atoms with Crippen LogP contribution in [0, 0.1) is 35.2 Å². The topological polar surface area (TPSA) is 26.3 Å². The molecule has 8 heteroatoms. The van der Waals surface area contributed by atoms with Crippen molar-refractivity contribution < 1.29 is 35.9 Å². The van der Waals surface area contributed by atoms with E-state index in [1.807, 2.05) is 13.0 Å². The molecule has 0 radical (unpaired) electrons. The molecule has 0 aromatic heterocycles. The zero-order valence-electron chi connectivity index (χ0n) is 15.1. The van der Waals surface area contributed by atoms with E-state index in [1.165, 1.54) is 5.92 Å². The molecule has 1 aliphatic carbocycles. The van der Waals surface area contributed by atoms with Gasteiger partial charge in [-0.05, 0) is 43.7 Å². The highest BCUT2D eigenvalue weighted by Gasteiger charge is 2.25. The van der Waals surface area contributed by atoms with Gasteiger partial charge < -0.3 is 4.74 Å². The lowest BCUT2D eigenvalue weighted by molar-refractivity contribution is -0.139. The van der Waals surface area contributed by atoms with Gasteiger partial charge in [-0.25, -0.2) is 13.2 Å². The average molecular weight is 412 g/mol. The lowest BCUT2D eigenvalue weighted by Gasteiger charge is -2.19. The number of rotatable bonds is 2. The molecule has 0 spiro atoms. The Morgan fingerprint density at radius 1 is 1.14 bits per heavy atom. The van der Waals surface area contributed by atoms with Crippen molar-refractivity contribution in [2.75, 3.05) is 0 Å². The molecule has 2 aromatic rings. The largest absolute Gasteiger partial charge is 0.458 e. The minimum atomic E-state index is -4.96. The minimum absolute atomic E-state index is 0.251. The molecule has 3 rings (SSSR count). The maximum absolute atomic E-state index is 14.4. The van der Waals surface area contributed by atoms with Crippen LogP contribution in [0.15, 0.2) is 29.8 Å². The first-order valence-electron chi connectivity index (χ1n) is 8.63. The first kappa shape index (κ1) is 20.8. The number of allylic oxidation sites excluding steroid dienone is 2. The van der Waals surface area contributed by atoms with Gasteiger partial charge in [0.1, 0.15) is 17.4 Å². The summed E-state index contributed by atoms with van der Waals surface area (Å²) in [6.45, 7) is 1.94. The van der Waals surface area contributed by atoms with Gasteiger partial charge in [-0.2, -0.15) is 13.2 Å². The zero-order chi connectivity index (χ0) is 21.3. The molecule has 0 fully saturated rings. The summed E-state index contributed by atoms with van der Waals surface area (Å²) >= 11 is 0. The third-order valence-corrected chi connectivity index (χ3v) is 4.57. The van der Waals surface area contributed by atoms with Crippen LogP contribution in [-0.4, -0.2) is 12.1 Å². The molecular weight excluding hydrogens is 398 g/mol. The summed E-state index contributed by atoms with van der Waals surface area (Å²) in [6.07, 6.45) is -1.28. The van der Waals surface area contributed by atoms with Gasteiger partial charge in [0.15, 0.2) is 5.82 Å². The number of esters is 1. The van der Waals surface area contributed by atoms with E-state index in [-0.39, 0.29) is 11.1 Å². The summed E-state index contributed by atoms with van der Waals surface area (Å²) in [5.41, 5.74) is -0.0380. The van der Waals surface area contributed by atoms with E-state index < -0.39 is 46.5 Å². The summed E-state index contributed by atoms with van der Waals surface area (Å²) in [6, 6.07) is 2.42. The minimum Gasteiger partial charge on any atom is -0.426 e. The number of ether oxygens (including phenoxy) is 1. The SMILES string of the molecule is CC1=CCC(C(=O)Oc2cc(F)c3c(F)c(C#CC(F)(F)F)c(F)cc3c2)CC1. The number of carbonyl (C=O) groups excluding carboxylic acids is 1. The van der Waals surface area contributed by atoms with Crippen molar-refractivity contribution in [1.82, 2.24) is 0 Å². The first-order valence-corrected chi connectivity index (χ1v) is 8.63. The van der Waals surface area contributed by atoms with Gasteiger partial charge >= 0.3 is 12.1 Å². The molecule has 152 valence electrons. The lowest BCUT2D eigenvalue weighted by Crippen LogP contribution is -2.22. The Hall–Kier alpha value is -2.95. The van der Waals surface area contributed by atoms with Crippen LogP contribution in [0.5, 0.6) is 5.75 Å². The molecule has 0 saturated carbocycles. The molecule has 0 N–H and O–H groups in total. The Bertz CT molecular complexity index is 1070. The maximum Gasteiger partial charge on any atom is 0.458 e. The van der Waals surface area contributed by atoms with Crippen LogP contribution in [-0.2, 0) is 4.79 Å². The Kier molecular flexibility index (Phi) is 5.60. The lowest BCUT2D eigenvalue weighted by atomic mass is 9.90. The van der Waals surface area contributed by atoms with Crippen LogP contribution in [0.4, 0.5) is 26.3 Å². The molecule has 0 aliphatic heterocycles. The van der Waals surface area contributed by atoms with E-state index in [1.54, 1.807) is 0 Å². The Morgan fingerprint density at radius 2 is 1.86 bits per heavy atom. The summed E-state index contributed by atoms with van der Waals surface area (Å²) in [5, 5.41) is -1.05. The predicted octanol–water partition coefficient (Wildman–Crippen LogP) is 5.82. The number of halogens is 6. The van der Waals surface area contributed by atoms with Crippen LogP contribution < -0.4 is 4.74 Å². The Morgan fingerprint density at radius 3 is 2.48 bits per heavy atom. The molecular formula is C21H14F6O2. The van der Waals surface area contributed by atoms with Crippen LogP contribution in [0.3, 0.4) is 0 Å². The van der Waals surface area contributed by atoms with E-state index in [4.69, 9.17) is 4.74 Å². The van der Waals surface area contributed by atoms with Gasteiger partial charge in [-0.3, -0.25) is 4.79 Å². The van der Waals surface area contributed by atoms with Gasteiger partial charge in [0.2, 0.25) is 0 Å². The number of benzene rings is 2. The number of hydrogen-bond donors (Lipinski definition) is 0. The van der Waals surface area contributed by atoms with Gasteiger partial charge in [0.25, 0.3) is 0 Å². The quantitative estimate of drug-likeness (QED) is 0.204. The fourth-order valence-corrected chi connectivity index (χ4v) is 3.07. The Labute approximate surface area is 162 Å². The smallest absolute Gasteiger partial charge is 0.426 e. The first-order chi connectivity index (χ1) is 13.5. The summed E-state index contributed by atoms with van der Waals surface area (Å²) in [4.78, 5) is 12.2. The fourth-order valence-electron chi connectivity index (χ4n) is 3.07. The van der Waals surface area contributed by atoms with Crippen molar-refractivity contribution >= 4 is 16.7 Å². The number of hydrogen-bond acceptors (Lipinski definition) is 2. The van der Waals surface area contributed by atoms with Gasteiger partial charge in [-0.1, -0.05) is 17.6 Å². The van der Waals surface area contributed by atoms with Crippen molar-refractivity contribution in [2.45, 2.75) is 32.4 Å². The fraction of sp³-hybridized carbons (Fsp3) is 0.286. The third kappa shape index (κ3) is 4.73. The standard InChI is InChI=1S/C21H14F6O2/c1-11-2-4-12(5-3-11)20(28)29-14-8-13-9-16(22)15(6-7-21(25,26)27)19(24)18(13)17(23)10-14/h2,8-10,12H,3-5H2,1H3. The highest BCUT2D eigenvalue weighted by atomic mass is 19.4. The molecule has 2 aromatic carbocycles. The maximum atomic E-state index is 14.4. The summed E-state index contributed by atoms with van der Waals surface area (Å²) in [5.74, 6) is -3.31. The van der Waals surface area contributed by atoms with Crippen molar-refractivity contribution in [1.29, 1.82) is 0 Å². The second-order valence-corrected chi connectivity index (χ2v) is 6.74. The van der Waals surface area contributed by atoms with E-state index in [2.05, 4.69) is 0 Å². The third-order valence-electron chi connectivity index (χ3n) is 4.57. The van der Waals surface area contributed by atoms with Gasteiger partial charge in [-0.15, -0.1) is 0 Å². The normalized spacial score (nSPS) is 16.8. The predicted molar refractivity (Wildman–Crippen MR) is 93.5 cm³/mol. The zero-order valence-corrected chi connectivity index (χ0v) is 15.1.